The molecule has 2 aromatic carbocycles. The lowest BCUT2D eigenvalue weighted by atomic mass is 10.0. The van der Waals surface area contributed by atoms with E-state index in [1.54, 1.807) is 40.1 Å². The van der Waals surface area contributed by atoms with E-state index in [-0.39, 0.29) is 24.7 Å². The molecule has 0 spiro atoms. The van der Waals surface area contributed by atoms with E-state index >= 15 is 0 Å². The van der Waals surface area contributed by atoms with Crippen LogP contribution in [-0.4, -0.2) is 65.8 Å². The van der Waals surface area contributed by atoms with Crippen LogP contribution >= 0.6 is 0 Å². The lowest BCUT2D eigenvalue weighted by Gasteiger charge is -2.35. The molecule has 45 heavy (non-hydrogen) atoms. The van der Waals surface area contributed by atoms with Crippen LogP contribution in [0.1, 0.15) is 38.7 Å². The minimum absolute atomic E-state index is 0.116. The number of benzene rings is 2. The molecule has 13 heteroatoms. The first-order chi connectivity index (χ1) is 21.6. The number of aromatic amines is 1. The van der Waals surface area contributed by atoms with Crippen molar-refractivity contribution in [1.29, 1.82) is 5.26 Å². The number of nitrogens with one attached hydrogen (secondary N) is 1. The number of halogens is 3. The van der Waals surface area contributed by atoms with E-state index in [0.717, 1.165) is 28.8 Å². The molecule has 230 valence electrons. The molecule has 2 aliphatic rings. The zero-order valence-electron chi connectivity index (χ0n) is 24.3. The summed E-state index contributed by atoms with van der Waals surface area (Å²) in [5.41, 5.74) is 0.602. The largest absolute Gasteiger partial charge is 0.423 e. The van der Waals surface area contributed by atoms with Gasteiger partial charge in [-0.3, -0.25) is 9.59 Å². The first-order valence-corrected chi connectivity index (χ1v) is 14.3. The Morgan fingerprint density at radius 1 is 1.07 bits per heavy atom. The second-order valence-corrected chi connectivity index (χ2v) is 11.0. The highest BCUT2D eigenvalue weighted by Gasteiger charge is 2.42. The van der Waals surface area contributed by atoms with E-state index in [1.165, 1.54) is 6.20 Å². The Bertz CT molecular complexity index is 1810. The van der Waals surface area contributed by atoms with Crippen molar-refractivity contribution in [2.45, 2.75) is 18.8 Å². The number of carbonyl (C=O) groups excluding carboxylic acids is 1. The standard InChI is InChI=1S/C32H29F3N8O2/c1-40(20-27-25-8-3-2-5-23(25)19-43(27)26-18-38-39-30(44)29(26)32(33,34)35)24-7-4-6-22(15-24)31(45)42-13-11-41(12-14-42)28-10-9-21(16-36)17-37-28/h2-10,15,17-18,27H,11-14,19-20H2,1H3,(H,39,44). The van der Waals surface area contributed by atoms with Crippen LogP contribution in [0.4, 0.5) is 30.4 Å². The maximum atomic E-state index is 14.0. The molecule has 0 saturated carbocycles. The third kappa shape index (κ3) is 5.91. The van der Waals surface area contributed by atoms with Crippen molar-refractivity contribution in [2.75, 3.05) is 54.5 Å². The van der Waals surface area contributed by atoms with Crippen LogP contribution in [0.25, 0.3) is 0 Å². The minimum Gasteiger partial charge on any atom is -0.372 e. The quantitative estimate of drug-likeness (QED) is 0.344. The third-order valence-corrected chi connectivity index (χ3v) is 8.31. The average molecular weight is 615 g/mol. The Kier molecular flexibility index (Phi) is 7.88. The summed E-state index contributed by atoms with van der Waals surface area (Å²) in [6, 6.07) is 19.7. The Morgan fingerprint density at radius 3 is 2.56 bits per heavy atom. The van der Waals surface area contributed by atoms with Crippen LogP contribution in [0.2, 0.25) is 0 Å². The molecule has 1 N–H and O–H groups in total. The van der Waals surface area contributed by atoms with Gasteiger partial charge in [0.05, 0.1) is 23.5 Å². The number of nitriles is 1. The maximum Gasteiger partial charge on any atom is 0.423 e. The fraction of sp³-hybridized carbons (Fsp3) is 0.281. The van der Waals surface area contributed by atoms with Gasteiger partial charge in [-0.05, 0) is 41.5 Å². The number of rotatable bonds is 6. The summed E-state index contributed by atoms with van der Waals surface area (Å²) in [6.45, 7) is 2.66. The first-order valence-electron chi connectivity index (χ1n) is 14.3. The van der Waals surface area contributed by atoms with Gasteiger partial charge in [0, 0.05) is 63.8 Å². The third-order valence-electron chi connectivity index (χ3n) is 8.31. The topological polar surface area (TPSA) is 112 Å². The van der Waals surface area contributed by atoms with Gasteiger partial charge in [0.1, 0.15) is 17.5 Å². The molecular weight excluding hydrogens is 585 g/mol. The first kappa shape index (κ1) is 29.7. The van der Waals surface area contributed by atoms with Gasteiger partial charge in [0.25, 0.3) is 11.5 Å². The predicted octanol–water partition coefficient (Wildman–Crippen LogP) is 4.22. The molecular formula is C32H29F3N8O2. The number of alkyl halides is 3. The highest BCUT2D eigenvalue weighted by Crippen LogP contribution is 2.42. The van der Waals surface area contributed by atoms with E-state index in [2.05, 4.69) is 21.1 Å². The predicted molar refractivity (Wildman–Crippen MR) is 162 cm³/mol. The second-order valence-electron chi connectivity index (χ2n) is 11.0. The zero-order valence-corrected chi connectivity index (χ0v) is 24.3. The SMILES string of the molecule is CN(CC1c2ccccc2CN1c1cn[nH]c(=O)c1C(F)(F)F)c1cccc(C(=O)N2CCN(c3ccc(C#N)cn3)CC2)c1. The summed E-state index contributed by atoms with van der Waals surface area (Å²) in [6.07, 6.45) is -2.28. The molecule has 0 aliphatic carbocycles. The number of amides is 1. The van der Waals surface area contributed by atoms with Gasteiger partial charge in [-0.15, -0.1) is 0 Å². The molecule has 0 radical (unpaired) electrons. The zero-order chi connectivity index (χ0) is 31.7. The van der Waals surface area contributed by atoms with Gasteiger partial charge in [0.2, 0.25) is 0 Å². The lowest BCUT2D eigenvalue weighted by molar-refractivity contribution is -0.138. The molecule has 2 aliphatic heterocycles. The van der Waals surface area contributed by atoms with Gasteiger partial charge in [-0.25, -0.2) is 10.1 Å². The van der Waals surface area contributed by atoms with Gasteiger partial charge in [-0.1, -0.05) is 30.3 Å². The van der Waals surface area contributed by atoms with E-state index in [0.29, 0.717) is 37.3 Å². The molecule has 1 atom stereocenters. The number of aromatic nitrogens is 3. The Labute approximate surface area is 256 Å². The van der Waals surface area contributed by atoms with Crippen LogP contribution in [0, 0.1) is 11.3 Å². The Hall–Kier alpha value is -5.38. The van der Waals surface area contributed by atoms with Crippen LogP contribution < -0.4 is 20.3 Å². The number of likely N-dealkylation sites (N-methyl/N-ethyl adjacent to an activating group) is 1. The van der Waals surface area contributed by atoms with Crippen molar-refractivity contribution in [2.24, 2.45) is 0 Å². The number of nitrogens with zero attached hydrogens (tertiary/aromatic N) is 7. The number of carbonyl (C=O) groups is 1. The van der Waals surface area contributed by atoms with Crippen LogP contribution in [-0.2, 0) is 12.7 Å². The average Bonchev–Trinajstić information content (AvgIpc) is 3.42. The second kappa shape index (κ2) is 12.0. The van der Waals surface area contributed by atoms with Gasteiger partial charge in [-0.2, -0.15) is 23.5 Å². The summed E-state index contributed by atoms with van der Waals surface area (Å²) in [5, 5.41) is 14.6. The van der Waals surface area contributed by atoms with E-state index in [4.69, 9.17) is 5.26 Å². The van der Waals surface area contributed by atoms with Gasteiger partial charge >= 0.3 is 6.18 Å². The number of hydrogen-bond donors (Lipinski definition) is 1. The summed E-state index contributed by atoms with van der Waals surface area (Å²) in [5.74, 6) is 0.639. The molecule has 1 saturated heterocycles. The van der Waals surface area contributed by atoms with E-state index < -0.39 is 23.3 Å². The molecule has 4 aromatic rings. The Morgan fingerprint density at radius 2 is 1.84 bits per heavy atom. The fourth-order valence-electron chi connectivity index (χ4n) is 6.00. The smallest absolute Gasteiger partial charge is 0.372 e. The number of fused-ring (bicyclic) bond motifs is 1. The maximum absolute atomic E-state index is 14.0. The number of hydrogen-bond acceptors (Lipinski definition) is 8. The van der Waals surface area contributed by atoms with Crippen LogP contribution in [0.5, 0.6) is 0 Å². The molecule has 4 heterocycles. The van der Waals surface area contributed by atoms with Gasteiger partial charge in [0.15, 0.2) is 0 Å². The van der Waals surface area contributed by atoms with E-state index in [1.807, 2.05) is 47.4 Å². The highest BCUT2D eigenvalue weighted by molar-refractivity contribution is 5.95. The van der Waals surface area contributed by atoms with Crippen LogP contribution in [0.15, 0.2) is 77.9 Å². The molecule has 1 fully saturated rings. The molecule has 10 nitrogen and oxygen atoms in total. The van der Waals surface area contributed by atoms with Crippen LogP contribution in [0.3, 0.4) is 0 Å². The van der Waals surface area contributed by atoms with Crippen molar-refractivity contribution in [1.82, 2.24) is 20.1 Å². The van der Waals surface area contributed by atoms with Crippen molar-refractivity contribution >= 4 is 23.1 Å². The molecule has 1 unspecified atom stereocenters. The van der Waals surface area contributed by atoms with Gasteiger partial charge < -0.3 is 19.6 Å². The summed E-state index contributed by atoms with van der Waals surface area (Å²) in [7, 11) is 1.83. The molecule has 6 rings (SSSR count). The van der Waals surface area contributed by atoms with Crippen molar-refractivity contribution in [3.8, 4) is 6.07 Å². The Balaban J connectivity index is 1.20. The number of pyridine rings is 1. The molecule has 0 bridgehead atoms. The minimum atomic E-state index is -4.87. The monoisotopic (exact) mass is 614 g/mol. The van der Waals surface area contributed by atoms with Crippen molar-refractivity contribution < 1.29 is 18.0 Å². The van der Waals surface area contributed by atoms with Crippen molar-refractivity contribution in [3.05, 3.63) is 111 Å². The highest BCUT2D eigenvalue weighted by atomic mass is 19.4. The normalized spacial score (nSPS) is 16.3. The summed E-state index contributed by atoms with van der Waals surface area (Å²) < 4.78 is 42.1. The number of piperazine rings is 1. The summed E-state index contributed by atoms with van der Waals surface area (Å²) >= 11 is 0. The molecule has 1 amide bonds. The number of H-pyrrole nitrogens is 1. The number of anilines is 3. The van der Waals surface area contributed by atoms with E-state index in [9.17, 15) is 22.8 Å². The molecule has 2 aromatic heterocycles. The lowest BCUT2D eigenvalue weighted by Crippen LogP contribution is -2.49. The van der Waals surface area contributed by atoms with Crippen molar-refractivity contribution in [3.63, 3.8) is 0 Å². The summed E-state index contributed by atoms with van der Waals surface area (Å²) in [4.78, 5) is 37.5. The fourth-order valence-corrected chi connectivity index (χ4v) is 6.00.